The molecule has 0 fully saturated rings. The molecule has 0 saturated heterocycles. The number of carbonyl (C=O) groups excluding carboxylic acids is 2. The highest BCUT2D eigenvalue weighted by Crippen LogP contribution is 2.16. The molecule has 1 N–H and O–H groups in total. The Morgan fingerprint density at radius 2 is 0.629 bits per heavy atom. The number of aliphatic hydroxyl groups excluding tert-OH is 1. The van der Waals surface area contributed by atoms with Gasteiger partial charge in [-0.15, -0.1) is 0 Å². The van der Waals surface area contributed by atoms with E-state index in [0.717, 1.165) is 83.5 Å². The number of esters is 2. The van der Waals surface area contributed by atoms with Gasteiger partial charge < -0.3 is 14.6 Å². The number of ether oxygens (including phenoxy) is 2. The minimum absolute atomic E-state index is 0.0948. The quantitative estimate of drug-likeness (QED) is 0.0374. The van der Waals surface area contributed by atoms with Crippen molar-refractivity contribution in [3.05, 3.63) is 122 Å². The van der Waals surface area contributed by atoms with Gasteiger partial charge in [0.15, 0.2) is 6.10 Å². The standard InChI is InChI=1S/C65H108O5/c1-3-5-7-9-11-13-15-17-19-21-23-25-27-28-29-30-31-32-33-34-35-36-38-39-41-43-45-47-49-51-53-55-57-59-64(67)69-62-63(61-66)70-65(68)60-58-56-54-52-50-48-46-44-42-40-37-26-24-22-20-18-16-14-12-10-8-6-4-2/h6,8,12,14-15,17-18,20-21,23-24,26-28,40,42,46,48,52,54,63,66H,3-5,7,9-11,13,16,19,22,25,29-39,41,43-45,47,49-51,53,55-62H2,1-2H3/b8-6-,14-12-,17-15-,20-18-,23-21-,26-24-,28-27-,42-40-,48-46-,54-52-. The minimum Gasteiger partial charge on any atom is -0.462 e. The van der Waals surface area contributed by atoms with Crippen molar-refractivity contribution < 1.29 is 24.2 Å². The molecule has 0 radical (unpaired) electrons. The predicted octanol–water partition coefficient (Wildman–Crippen LogP) is 19.9. The summed E-state index contributed by atoms with van der Waals surface area (Å²) in [7, 11) is 0. The average Bonchev–Trinajstić information content (AvgIpc) is 3.36. The lowest BCUT2D eigenvalue weighted by molar-refractivity contribution is -0.161. The zero-order valence-corrected chi connectivity index (χ0v) is 45.5. The Morgan fingerprint density at radius 3 is 0.971 bits per heavy atom. The van der Waals surface area contributed by atoms with Crippen molar-refractivity contribution in [3.63, 3.8) is 0 Å². The first kappa shape index (κ1) is 66.3. The van der Waals surface area contributed by atoms with Crippen LogP contribution in [0.15, 0.2) is 122 Å². The van der Waals surface area contributed by atoms with Crippen LogP contribution in [0, 0.1) is 0 Å². The number of carbonyl (C=O) groups is 2. The second-order valence-corrected chi connectivity index (χ2v) is 19.0. The van der Waals surface area contributed by atoms with Crippen LogP contribution in [0.2, 0.25) is 0 Å². The third kappa shape index (κ3) is 56.9. The Morgan fingerprint density at radius 1 is 0.343 bits per heavy atom. The number of allylic oxidation sites excluding steroid dienone is 20. The summed E-state index contributed by atoms with van der Waals surface area (Å²) in [5.41, 5.74) is 0. The summed E-state index contributed by atoms with van der Waals surface area (Å²) in [6, 6.07) is 0. The Kier molecular flexibility index (Phi) is 56.5. The summed E-state index contributed by atoms with van der Waals surface area (Å²) < 4.78 is 10.7. The van der Waals surface area contributed by atoms with Gasteiger partial charge >= 0.3 is 11.9 Å². The maximum absolute atomic E-state index is 12.3. The fourth-order valence-corrected chi connectivity index (χ4v) is 7.91. The molecule has 5 nitrogen and oxygen atoms in total. The van der Waals surface area contributed by atoms with Gasteiger partial charge in [0.05, 0.1) is 6.61 Å². The highest BCUT2D eigenvalue weighted by atomic mass is 16.6. The van der Waals surface area contributed by atoms with Crippen molar-refractivity contribution in [2.24, 2.45) is 0 Å². The van der Waals surface area contributed by atoms with E-state index in [9.17, 15) is 14.7 Å². The molecule has 0 spiro atoms. The fourth-order valence-electron chi connectivity index (χ4n) is 7.91. The lowest BCUT2D eigenvalue weighted by Crippen LogP contribution is -2.28. The average molecular weight is 970 g/mol. The molecule has 0 aliphatic rings. The highest BCUT2D eigenvalue weighted by molar-refractivity contribution is 5.70. The summed E-state index contributed by atoms with van der Waals surface area (Å²) >= 11 is 0. The van der Waals surface area contributed by atoms with E-state index in [2.05, 4.69) is 135 Å². The summed E-state index contributed by atoms with van der Waals surface area (Å²) in [6.45, 7) is 3.98. The van der Waals surface area contributed by atoms with E-state index >= 15 is 0 Å². The molecule has 0 rings (SSSR count). The second kappa shape index (κ2) is 59.6. The molecular formula is C65H108O5. The summed E-state index contributed by atoms with van der Waals surface area (Å²) in [4.78, 5) is 24.5. The van der Waals surface area contributed by atoms with Crippen molar-refractivity contribution in [1.82, 2.24) is 0 Å². The molecule has 0 saturated carbocycles. The van der Waals surface area contributed by atoms with Crippen molar-refractivity contribution >= 4 is 11.9 Å². The van der Waals surface area contributed by atoms with Crippen molar-refractivity contribution in [2.45, 2.75) is 264 Å². The van der Waals surface area contributed by atoms with Crippen LogP contribution in [0.1, 0.15) is 258 Å². The number of aliphatic hydroxyl groups is 1. The van der Waals surface area contributed by atoms with Gasteiger partial charge in [0.2, 0.25) is 0 Å². The lowest BCUT2D eigenvalue weighted by Gasteiger charge is -2.15. The molecule has 0 amide bonds. The first-order valence-corrected chi connectivity index (χ1v) is 29.1. The van der Waals surface area contributed by atoms with Crippen LogP contribution in [0.25, 0.3) is 0 Å². The third-order valence-corrected chi connectivity index (χ3v) is 12.2. The van der Waals surface area contributed by atoms with E-state index in [0.29, 0.717) is 12.8 Å². The maximum atomic E-state index is 12.3. The summed E-state index contributed by atoms with van der Waals surface area (Å²) in [6.07, 6.45) is 87.5. The van der Waals surface area contributed by atoms with E-state index < -0.39 is 6.10 Å². The van der Waals surface area contributed by atoms with Gasteiger partial charge in [-0.25, -0.2) is 0 Å². The Labute approximate surface area is 433 Å². The smallest absolute Gasteiger partial charge is 0.306 e. The maximum Gasteiger partial charge on any atom is 0.306 e. The zero-order valence-electron chi connectivity index (χ0n) is 45.5. The van der Waals surface area contributed by atoms with Gasteiger partial charge in [-0.3, -0.25) is 9.59 Å². The van der Waals surface area contributed by atoms with Gasteiger partial charge in [0, 0.05) is 12.8 Å². The summed E-state index contributed by atoms with van der Waals surface area (Å²) in [5, 5.41) is 9.64. The van der Waals surface area contributed by atoms with Gasteiger partial charge in [-0.05, 0) is 103 Å². The van der Waals surface area contributed by atoms with Gasteiger partial charge in [-0.2, -0.15) is 0 Å². The molecule has 0 aliphatic carbocycles. The van der Waals surface area contributed by atoms with Crippen LogP contribution in [0.5, 0.6) is 0 Å². The Hall–Kier alpha value is -3.70. The van der Waals surface area contributed by atoms with Crippen LogP contribution in [-0.2, 0) is 19.1 Å². The second-order valence-electron chi connectivity index (χ2n) is 19.0. The van der Waals surface area contributed by atoms with Crippen molar-refractivity contribution in [2.75, 3.05) is 13.2 Å². The van der Waals surface area contributed by atoms with Crippen molar-refractivity contribution in [3.8, 4) is 0 Å². The summed E-state index contributed by atoms with van der Waals surface area (Å²) in [5.74, 6) is -0.662. The van der Waals surface area contributed by atoms with Gasteiger partial charge in [0.25, 0.3) is 0 Å². The molecule has 5 heteroatoms. The van der Waals surface area contributed by atoms with Crippen LogP contribution in [-0.4, -0.2) is 36.4 Å². The Balaban J connectivity index is 3.56. The molecule has 0 bridgehead atoms. The number of unbranched alkanes of at least 4 members (excludes halogenated alkanes) is 24. The monoisotopic (exact) mass is 969 g/mol. The van der Waals surface area contributed by atoms with Crippen LogP contribution in [0.3, 0.4) is 0 Å². The first-order chi connectivity index (χ1) is 34.6. The van der Waals surface area contributed by atoms with E-state index in [1.54, 1.807) is 0 Å². The van der Waals surface area contributed by atoms with Gasteiger partial charge in [0.1, 0.15) is 6.61 Å². The number of hydrogen-bond acceptors (Lipinski definition) is 5. The highest BCUT2D eigenvalue weighted by Gasteiger charge is 2.16. The molecule has 0 aromatic carbocycles. The largest absolute Gasteiger partial charge is 0.462 e. The molecule has 0 aromatic rings. The van der Waals surface area contributed by atoms with Crippen LogP contribution < -0.4 is 0 Å². The van der Waals surface area contributed by atoms with Crippen LogP contribution in [0.4, 0.5) is 0 Å². The minimum atomic E-state index is -0.811. The SMILES string of the molecule is CC/C=C\C/C=C\C/C=C\C/C=C\C/C=C\C/C=C\C/C=C\CCCC(=O)OC(CO)COC(=O)CCCCCCCCCCCCCCCCCCCC/C=C\C/C=C\C/C=C\CCCCCCC. The molecule has 0 heterocycles. The number of hydrogen-bond donors (Lipinski definition) is 1. The first-order valence-electron chi connectivity index (χ1n) is 29.1. The fraction of sp³-hybridized carbons (Fsp3) is 0.662. The molecule has 398 valence electrons. The molecule has 70 heavy (non-hydrogen) atoms. The van der Waals surface area contributed by atoms with E-state index in [1.165, 1.54) is 141 Å². The normalized spacial score (nSPS) is 13.1. The van der Waals surface area contributed by atoms with Crippen molar-refractivity contribution in [1.29, 1.82) is 0 Å². The topological polar surface area (TPSA) is 72.8 Å². The molecule has 0 aliphatic heterocycles. The van der Waals surface area contributed by atoms with E-state index in [4.69, 9.17) is 9.47 Å². The van der Waals surface area contributed by atoms with Gasteiger partial charge in [-0.1, -0.05) is 264 Å². The van der Waals surface area contributed by atoms with E-state index in [-0.39, 0.29) is 31.6 Å². The third-order valence-electron chi connectivity index (χ3n) is 12.2. The molecule has 1 unspecified atom stereocenters. The Bertz CT molecular complexity index is 1420. The molecule has 1 atom stereocenters. The van der Waals surface area contributed by atoms with E-state index in [1.807, 2.05) is 0 Å². The zero-order chi connectivity index (χ0) is 50.6. The van der Waals surface area contributed by atoms with Crippen LogP contribution >= 0.6 is 0 Å². The lowest BCUT2D eigenvalue weighted by atomic mass is 10.0. The molecule has 0 aromatic heterocycles. The number of rotatable bonds is 52. The predicted molar refractivity (Wildman–Crippen MR) is 306 cm³/mol. The molecular weight excluding hydrogens is 861 g/mol.